The zero-order chi connectivity index (χ0) is 13.2. The summed E-state index contributed by atoms with van der Waals surface area (Å²) < 4.78 is 5.63. The molecule has 1 saturated heterocycles. The highest BCUT2D eigenvalue weighted by atomic mass is 16.5. The molecule has 0 spiro atoms. The molecule has 18 heavy (non-hydrogen) atoms. The highest BCUT2D eigenvalue weighted by molar-refractivity contribution is 5.95. The fraction of sp³-hybridized carbons (Fsp3) is 0.500. The summed E-state index contributed by atoms with van der Waals surface area (Å²) in [5.41, 5.74) is 6.73. The van der Waals surface area contributed by atoms with Gasteiger partial charge in [-0.15, -0.1) is 0 Å². The molecule has 1 aromatic rings. The lowest BCUT2D eigenvalue weighted by molar-refractivity contribution is -0.0615. The first-order valence-electron chi connectivity index (χ1n) is 6.27. The minimum atomic E-state index is -0.161. The summed E-state index contributed by atoms with van der Waals surface area (Å²) >= 11 is 0. The normalized spacial score (nSPS) is 22.4. The molecule has 1 aromatic carbocycles. The van der Waals surface area contributed by atoms with E-state index in [1.54, 1.807) is 24.3 Å². The fourth-order valence-electron chi connectivity index (χ4n) is 2.30. The second-order valence-corrected chi connectivity index (χ2v) is 5.40. The summed E-state index contributed by atoms with van der Waals surface area (Å²) in [5, 5.41) is 3.04. The molecule has 1 amide bonds. The van der Waals surface area contributed by atoms with Gasteiger partial charge in [0.1, 0.15) is 0 Å². The largest absolute Gasteiger partial charge is 0.399 e. The van der Waals surface area contributed by atoms with Crippen molar-refractivity contribution < 1.29 is 9.53 Å². The van der Waals surface area contributed by atoms with Crippen LogP contribution in [0.4, 0.5) is 5.69 Å². The molecule has 1 unspecified atom stereocenters. The zero-order valence-electron chi connectivity index (χ0n) is 10.9. The van der Waals surface area contributed by atoms with Gasteiger partial charge in [0.25, 0.3) is 5.91 Å². The maximum absolute atomic E-state index is 12.1. The Morgan fingerprint density at radius 1 is 1.50 bits per heavy atom. The molecule has 1 aliphatic rings. The van der Waals surface area contributed by atoms with Crippen molar-refractivity contribution in [2.75, 3.05) is 12.3 Å². The van der Waals surface area contributed by atoms with Crippen LogP contribution in [0.1, 0.15) is 37.0 Å². The number of nitrogens with one attached hydrogen (secondary N) is 1. The summed E-state index contributed by atoms with van der Waals surface area (Å²) in [5.74, 6) is -0.0648. The van der Waals surface area contributed by atoms with Crippen molar-refractivity contribution in [3.8, 4) is 0 Å². The van der Waals surface area contributed by atoms with Crippen LogP contribution in [0, 0.1) is 0 Å². The molecule has 3 N–H and O–H groups in total. The number of carbonyl (C=O) groups is 1. The number of amides is 1. The van der Waals surface area contributed by atoms with Gasteiger partial charge < -0.3 is 15.8 Å². The lowest BCUT2D eigenvalue weighted by atomic mass is 9.94. The van der Waals surface area contributed by atoms with Gasteiger partial charge in [-0.2, -0.15) is 0 Å². The number of hydrogen-bond donors (Lipinski definition) is 2. The summed E-state index contributed by atoms with van der Waals surface area (Å²) in [7, 11) is 0. The number of ether oxygens (including phenoxy) is 1. The first-order valence-corrected chi connectivity index (χ1v) is 6.27. The van der Waals surface area contributed by atoms with Crippen molar-refractivity contribution in [1.29, 1.82) is 0 Å². The number of anilines is 1. The van der Waals surface area contributed by atoms with Gasteiger partial charge in [-0.1, -0.05) is 6.07 Å². The second kappa shape index (κ2) is 4.98. The van der Waals surface area contributed by atoms with E-state index in [0.717, 1.165) is 12.8 Å². The fourth-order valence-corrected chi connectivity index (χ4v) is 2.30. The predicted octanol–water partition coefficient (Wildman–Crippen LogP) is 1.96. The number of nitrogen functional groups attached to an aromatic ring is 1. The van der Waals surface area contributed by atoms with Crippen LogP contribution in [0.15, 0.2) is 24.3 Å². The van der Waals surface area contributed by atoms with Crippen LogP contribution in [-0.4, -0.2) is 24.2 Å². The third-order valence-corrected chi connectivity index (χ3v) is 3.18. The Kier molecular flexibility index (Phi) is 3.57. The molecule has 1 heterocycles. The van der Waals surface area contributed by atoms with E-state index in [9.17, 15) is 4.79 Å². The minimum absolute atomic E-state index is 0.0648. The molecule has 1 atom stereocenters. The van der Waals surface area contributed by atoms with E-state index in [1.807, 2.05) is 13.8 Å². The van der Waals surface area contributed by atoms with Crippen molar-refractivity contribution in [1.82, 2.24) is 5.32 Å². The van der Waals surface area contributed by atoms with Crippen LogP contribution in [-0.2, 0) is 4.74 Å². The van der Waals surface area contributed by atoms with Gasteiger partial charge in [0.05, 0.1) is 5.60 Å². The summed E-state index contributed by atoms with van der Waals surface area (Å²) in [6.07, 6.45) is 1.69. The van der Waals surface area contributed by atoms with Gasteiger partial charge >= 0.3 is 0 Å². The third kappa shape index (κ3) is 3.23. The Balaban J connectivity index is 1.99. The average Bonchev–Trinajstić information content (AvgIpc) is 2.27. The number of carbonyl (C=O) groups excluding carboxylic acids is 1. The summed E-state index contributed by atoms with van der Waals surface area (Å²) in [6.45, 7) is 4.78. The summed E-state index contributed by atoms with van der Waals surface area (Å²) in [4.78, 5) is 12.1. The molecule has 4 heteroatoms. The number of benzene rings is 1. The molecule has 1 aliphatic heterocycles. The van der Waals surface area contributed by atoms with E-state index in [-0.39, 0.29) is 17.6 Å². The zero-order valence-corrected chi connectivity index (χ0v) is 10.9. The van der Waals surface area contributed by atoms with E-state index in [4.69, 9.17) is 10.5 Å². The number of rotatable bonds is 2. The molecule has 4 nitrogen and oxygen atoms in total. The Labute approximate surface area is 108 Å². The monoisotopic (exact) mass is 248 g/mol. The molecule has 0 aromatic heterocycles. The maximum atomic E-state index is 12.1. The molecule has 2 rings (SSSR count). The third-order valence-electron chi connectivity index (χ3n) is 3.18. The van der Waals surface area contributed by atoms with Crippen LogP contribution in [0.2, 0.25) is 0 Å². The Morgan fingerprint density at radius 2 is 2.28 bits per heavy atom. The Hall–Kier alpha value is -1.55. The molecule has 0 saturated carbocycles. The van der Waals surface area contributed by atoms with Crippen molar-refractivity contribution in [3.63, 3.8) is 0 Å². The molecule has 1 fully saturated rings. The SMILES string of the molecule is CC1(C)CC(NC(=O)c2cccc(N)c2)CCO1. The van der Waals surface area contributed by atoms with E-state index in [0.29, 0.717) is 17.9 Å². The standard InChI is InChI=1S/C14H20N2O2/c1-14(2)9-12(6-7-18-14)16-13(17)10-4-3-5-11(15)8-10/h3-5,8,12H,6-7,9,15H2,1-2H3,(H,16,17). The van der Waals surface area contributed by atoms with Gasteiger partial charge in [0, 0.05) is 23.9 Å². The first-order chi connectivity index (χ1) is 8.46. The first kappa shape index (κ1) is 12.9. The molecular formula is C14H20N2O2. The van der Waals surface area contributed by atoms with Crippen molar-refractivity contribution in [3.05, 3.63) is 29.8 Å². The topological polar surface area (TPSA) is 64.4 Å². The van der Waals surface area contributed by atoms with Crippen LogP contribution < -0.4 is 11.1 Å². The van der Waals surface area contributed by atoms with E-state index >= 15 is 0 Å². The second-order valence-electron chi connectivity index (χ2n) is 5.40. The summed E-state index contributed by atoms with van der Waals surface area (Å²) in [6, 6.07) is 7.20. The van der Waals surface area contributed by atoms with Crippen LogP contribution in [0.25, 0.3) is 0 Å². The number of hydrogen-bond acceptors (Lipinski definition) is 3. The van der Waals surface area contributed by atoms with E-state index in [2.05, 4.69) is 5.32 Å². The van der Waals surface area contributed by atoms with Crippen LogP contribution in [0.5, 0.6) is 0 Å². The van der Waals surface area contributed by atoms with E-state index < -0.39 is 0 Å². The van der Waals surface area contributed by atoms with Gasteiger partial charge in [-0.25, -0.2) is 0 Å². The molecular weight excluding hydrogens is 228 g/mol. The highest BCUT2D eigenvalue weighted by Gasteiger charge is 2.29. The van der Waals surface area contributed by atoms with Gasteiger partial charge in [-0.05, 0) is 44.9 Å². The van der Waals surface area contributed by atoms with E-state index in [1.165, 1.54) is 0 Å². The van der Waals surface area contributed by atoms with Crippen molar-refractivity contribution in [2.45, 2.75) is 38.3 Å². The molecule has 0 radical (unpaired) electrons. The molecule has 98 valence electrons. The number of nitrogens with two attached hydrogens (primary N) is 1. The van der Waals surface area contributed by atoms with Crippen LogP contribution in [0.3, 0.4) is 0 Å². The van der Waals surface area contributed by atoms with Crippen molar-refractivity contribution in [2.24, 2.45) is 0 Å². The van der Waals surface area contributed by atoms with Crippen molar-refractivity contribution >= 4 is 11.6 Å². The highest BCUT2D eigenvalue weighted by Crippen LogP contribution is 2.24. The quantitative estimate of drug-likeness (QED) is 0.786. The Bertz CT molecular complexity index is 443. The molecule has 0 bridgehead atoms. The lowest BCUT2D eigenvalue weighted by Crippen LogP contribution is -2.45. The van der Waals surface area contributed by atoms with Crippen LogP contribution >= 0.6 is 0 Å². The Morgan fingerprint density at radius 3 is 2.94 bits per heavy atom. The smallest absolute Gasteiger partial charge is 0.251 e. The van der Waals surface area contributed by atoms with Gasteiger partial charge in [-0.3, -0.25) is 4.79 Å². The van der Waals surface area contributed by atoms with Gasteiger partial charge in [0.2, 0.25) is 0 Å². The average molecular weight is 248 g/mol. The lowest BCUT2D eigenvalue weighted by Gasteiger charge is -2.35. The minimum Gasteiger partial charge on any atom is -0.399 e. The van der Waals surface area contributed by atoms with Gasteiger partial charge in [0.15, 0.2) is 0 Å². The maximum Gasteiger partial charge on any atom is 0.251 e. The predicted molar refractivity (Wildman–Crippen MR) is 71.4 cm³/mol. The molecule has 0 aliphatic carbocycles.